The Morgan fingerprint density at radius 2 is 1.91 bits per heavy atom. The lowest BCUT2D eigenvalue weighted by Gasteiger charge is -2.36. The van der Waals surface area contributed by atoms with Gasteiger partial charge < -0.3 is 20.6 Å². The molecule has 1 saturated heterocycles. The fraction of sp³-hybridized carbons (Fsp3) is 0.560. The van der Waals surface area contributed by atoms with Gasteiger partial charge in [-0.3, -0.25) is 9.59 Å². The molecule has 2 amide bonds. The van der Waals surface area contributed by atoms with E-state index in [4.69, 9.17) is 0 Å². The molecule has 2 aromatic rings. The number of aliphatic hydroxyl groups is 1. The first-order chi connectivity index (χ1) is 15.5. The number of carbonyl (C=O) groups excluding carboxylic acids is 2. The van der Waals surface area contributed by atoms with Crippen LogP contribution in [0.1, 0.15) is 52.3 Å². The van der Waals surface area contributed by atoms with E-state index >= 15 is 0 Å². The van der Waals surface area contributed by atoms with Crippen molar-refractivity contribution in [3.05, 3.63) is 41.0 Å². The molecule has 0 saturated carbocycles. The van der Waals surface area contributed by atoms with E-state index in [1.807, 2.05) is 71.3 Å². The van der Waals surface area contributed by atoms with Crippen molar-refractivity contribution >= 4 is 23.2 Å². The maximum absolute atomic E-state index is 13.4. The molecule has 0 bridgehead atoms. The molecule has 0 spiro atoms. The molecule has 2 heterocycles. The van der Waals surface area contributed by atoms with Crippen molar-refractivity contribution in [2.75, 3.05) is 6.54 Å². The van der Waals surface area contributed by atoms with Crippen LogP contribution in [0, 0.1) is 12.3 Å². The van der Waals surface area contributed by atoms with Gasteiger partial charge in [0, 0.05) is 25.6 Å². The number of nitrogens with one attached hydrogen (secondary N) is 2. The monoisotopic (exact) mass is 472 g/mol. The van der Waals surface area contributed by atoms with Gasteiger partial charge in [0.2, 0.25) is 11.8 Å². The number of benzene rings is 1. The van der Waals surface area contributed by atoms with Crippen LogP contribution < -0.4 is 10.6 Å². The van der Waals surface area contributed by atoms with E-state index in [1.54, 1.807) is 16.2 Å². The Labute approximate surface area is 200 Å². The summed E-state index contributed by atoms with van der Waals surface area (Å²) in [6.45, 7) is 12.5. The first-order valence-corrected chi connectivity index (χ1v) is 12.4. The predicted octanol–water partition coefficient (Wildman–Crippen LogP) is 3.11. The summed E-state index contributed by atoms with van der Waals surface area (Å²) in [4.78, 5) is 33.4. The Morgan fingerprint density at radius 1 is 1.24 bits per heavy atom. The van der Waals surface area contributed by atoms with Crippen LogP contribution in [-0.4, -0.2) is 57.6 Å². The Balaban J connectivity index is 1.66. The minimum absolute atomic E-state index is 0.120. The van der Waals surface area contributed by atoms with Gasteiger partial charge in [0.05, 0.1) is 28.2 Å². The van der Waals surface area contributed by atoms with Crippen LogP contribution >= 0.6 is 11.3 Å². The van der Waals surface area contributed by atoms with E-state index < -0.39 is 18.2 Å². The Hall–Kier alpha value is -2.29. The highest BCUT2D eigenvalue weighted by Gasteiger charge is 2.43. The number of aromatic nitrogens is 1. The molecular weight excluding hydrogens is 436 g/mol. The molecule has 180 valence electrons. The lowest BCUT2D eigenvalue weighted by molar-refractivity contribution is -0.142. The topological polar surface area (TPSA) is 94.6 Å². The predicted molar refractivity (Wildman–Crippen MR) is 132 cm³/mol. The number of hydrogen-bond donors (Lipinski definition) is 3. The van der Waals surface area contributed by atoms with Crippen molar-refractivity contribution in [3.63, 3.8) is 0 Å². The summed E-state index contributed by atoms with van der Waals surface area (Å²) in [6, 6.07) is 7.04. The molecule has 1 aromatic heterocycles. The molecule has 1 aliphatic rings. The zero-order chi connectivity index (χ0) is 24.3. The summed E-state index contributed by atoms with van der Waals surface area (Å²) in [5.41, 5.74) is 4.59. The lowest BCUT2D eigenvalue weighted by atomic mass is 9.85. The van der Waals surface area contributed by atoms with Gasteiger partial charge in [-0.1, -0.05) is 58.9 Å². The molecule has 1 fully saturated rings. The summed E-state index contributed by atoms with van der Waals surface area (Å²) in [7, 11) is 0. The van der Waals surface area contributed by atoms with Gasteiger partial charge in [0.1, 0.15) is 6.04 Å². The SMILES string of the molecule is Cc1ncsc1-c1ccc(CNC(=O)[C@@H]2C[C@H](O)CN2C(=O)[C@@H](NC(C)C)C(C)(C)C)cc1. The smallest absolute Gasteiger partial charge is 0.243 e. The van der Waals surface area contributed by atoms with Crippen LogP contribution in [0.4, 0.5) is 0 Å². The average molecular weight is 473 g/mol. The second-order valence-corrected chi connectivity index (χ2v) is 11.1. The van der Waals surface area contributed by atoms with Gasteiger partial charge in [-0.25, -0.2) is 4.98 Å². The van der Waals surface area contributed by atoms with Crippen molar-refractivity contribution in [1.29, 1.82) is 0 Å². The number of aryl methyl sites for hydroxylation is 1. The van der Waals surface area contributed by atoms with Gasteiger partial charge in [-0.15, -0.1) is 11.3 Å². The molecule has 1 aromatic carbocycles. The largest absolute Gasteiger partial charge is 0.391 e. The van der Waals surface area contributed by atoms with E-state index in [1.165, 1.54) is 0 Å². The number of β-amino-alcohol motifs (C(OH)–C–C–N with tert-alkyl or cyclic N) is 1. The van der Waals surface area contributed by atoms with Gasteiger partial charge in [0.15, 0.2) is 0 Å². The highest BCUT2D eigenvalue weighted by molar-refractivity contribution is 7.13. The van der Waals surface area contributed by atoms with Gasteiger partial charge in [-0.05, 0) is 23.5 Å². The number of carbonyl (C=O) groups is 2. The summed E-state index contributed by atoms with van der Waals surface area (Å²) in [5.74, 6) is -0.378. The Bertz CT molecular complexity index is 965. The quantitative estimate of drug-likeness (QED) is 0.576. The Morgan fingerprint density at radius 3 is 2.45 bits per heavy atom. The molecular formula is C25H36N4O3S. The lowest BCUT2D eigenvalue weighted by Crippen LogP contribution is -2.57. The number of likely N-dealkylation sites (tertiary alicyclic amines) is 1. The second kappa shape index (κ2) is 10.3. The van der Waals surface area contributed by atoms with Gasteiger partial charge in [0.25, 0.3) is 0 Å². The van der Waals surface area contributed by atoms with Crippen molar-refractivity contribution in [1.82, 2.24) is 20.5 Å². The molecule has 0 unspecified atom stereocenters. The number of aliphatic hydroxyl groups excluding tert-OH is 1. The fourth-order valence-electron chi connectivity index (χ4n) is 4.16. The van der Waals surface area contributed by atoms with Crippen molar-refractivity contribution in [3.8, 4) is 10.4 Å². The summed E-state index contributed by atoms with van der Waals surface area (Å²) in [5, 5.41) is 16.6. The third-order valence-electron chi connectivity index (χ3n) is 5.91. The molecule has 3 N–H and O–H groups in total. The average Bonchev–Trinajstić information content (AvgIpc) is 3.35. The van der Waals surface area contributed by atoms with Crippen molar-refractivity contribution < 1.29 is 14.7 Å². The maximum Gasteiger partial charge on any atom is 0.243 e. The fourth-order valence-corrected chi connectivity index (χ4v) is 4.97. The summed E-state index contributed by atoms with van der Waals surface area (Å²) < 4.78 is 0. The van der Waals surface area contributed by atoms with E-state index in [0.29, 0.717) is 6.54 Å². The van der Waals surface area contributed by atoms with Crippen LogP contribution in [0.3, 0.4) is 0 Å². The molecule has 0 aliphatic carbocycles. The van der Waals surface area contributed by atoms with Crippen LogP contribution in [0.25, 0.3) is 10.4 Å². The minimum atomic E-state index is -0.703. The van der Waals surface area contributed by atoms with Gasteiger partial charge in [-0.2, -0.15) is 0 Å². The van der Waals surface area contributed by atoms with E-state index in [0.717, 1.165) is 21.7 Å². The molecule has 0 radical (unpaired) electrons. The molecule has 3 atom stereocenters. The summed E-state index contributed by atoms with van der Waals surface area (Å²) >= 11 is 1.61. The summed E-state index contributed by atoms with van der Waals surface area (Å²) in [6.07, 6.45) is -0.453. The third-order valence-corrected chi connectivity index (χ3v) is 6.88. The number of hydrogen-bond acceptors (Lipinski definition) is 6. The first-order valence-electron chi connectivity index (χ1n) is 11.5. The van der Waals surface area contributed by atoms with Crippen molar-refractivity contribution in [2.45, 2.75) is 78.7 Å². The van der Waals surface area contributed by atoms with Gasteiger partial charge >= 0.3 is 0 Å². The highest BCUT2D eigenvalue weighted by Crippen LogP contribution is 2.28. The molecule has 3 rings (SSSR count). The molecule has 7 nitrogen and oxygen atoms in total. The van der Waals surface area contributed by atoms with Crippen LogP contribution in [-0.2, 0) is 16.1 Å². The highest BCUT2D eigenvalue weighted by atomic mass is 32.1. The zero-order valence-corrected chi connectivity index (χ0v) is 21.2. The number of rotatable bonds is 7. The first kappa shape index (κ1) is 25.3. The number of thiazole rings is 1. The maximum atomic E-state index is 13.4. The second-order valence-electron chi connectivity index (χ2n) is 10.2. The molecule has 8 heteroatoms. The number of amides is 2. The molecule has 1 aliphatic heterocycles. The van der Waals surface area contributed by atoms with Crippen LogP contribution in [0.5, 0.6) is 0 Å². The van der Waals surface area contributed by atoms with E-state index in [9.17, 15) is 14.7 Å². The standard InChI is InChI=1S/C25H36N4O3S/c1-15(2)28-22(25(4,5)6)24(32)29-13-19(30)11-20(29)23(31)26-12-17-7-9-18(10-8-17)21-16(3)27-14-33-21/h7-10,14-15,19-20,22,28,30H,11-13H2,1-6H3,(H,26,31)/t19-,20-,22+/m0/s1. The Kier molecular flexibility index (Phi) is 7.92. The van der Waals surface area contributed by atoms with Crippen LogP contribution in [0.15, 0.2) is 29.8 Å². The van der Waals surface area contributed by atoms with Crippen molar-refractivity contribution in [2.24, 2.45) is 5.41 Å². The van der Waals surface area contributed by atoms with E-state index in [2.05, 4.69) is 15.6 Å². The van der Waals surface area contributed by atoms with E-state index in [-0.39, 0.29) is 36.2 Å². The number of nitrogens with zero attached hydrogens (tertiary/aromatic N) is 2. The zero-order valence-electron chi connectivity index (χ0n) is 20.4. The van der Waals surface area contributed by atoms with Crippen LogP contribution in [0.2, 0.25) is 0 Å². The minimum Gasteiger partial charge on any atom is -0.391 e. The normalized spacial score (nSPS) is 19.7. The third kappa shape index (κ3) is 6.19. The molecule has 33 heavy (non-hydrogen) atoms.